The summed E-state index contributed by atoms with van der Waals surface area (Å²) < 4.78 is 5.25. The zero-order valence-corrected chi connectivity index (χ0v) is 11.0. The van der Waals surface area contributed by atoms with Crippen molar-refractivity contribution in [1.82, 2.24) is 4.98 Å². The van der Waals surface area contributed by atoms with E-state index >= 15 is 0 Å². The zero-order valence-electron chi connectivity index (χ0n) is 11.0. The van der Waals surface area contributed by atoms with E-state index in [1.165, 1.54) is 13.3 Å². The normalized spacial score (nSPS) is 9.85. The van der Waals surface area contributed by atoms with Gasteiger partial charge in [-0.25, -0.2) is 4.79 Å². The lowest BCUT2D eigenvalue weighted by molar-refractivity contribution is 0.0697. The van der Waals surface area contributed by atoms with E-state index in [1.54, 1.807) is 31.2 Å². The Balaban J connectivity index is 2.84. The zero-order chi connectivity index (χ0) is 14.7. The lowest BCUT2D eigenvalue weighted by Crippen LogP contribution is -2.03. The number of ether oxygens (including phenoxy) is 1. The number of pyridine rings is 1. The van der Waals surface area contributed by atoms with Crippen LogP contribution in [0.25, 0.3) is 11.1 Å². The van der Waals surface area contributed by atoms with Crippen LogP contribution in [0.4, 0.5) is 0 Å². The number of aromatic nitrogens is 1. The van der Waals surface area contributed by atoms with Crippen LogP contribution >= 0.6 is 0 Å². The number of carbonyl (C=O) groups is 1. The summed E-state index contributed by atoms with van der Waals surface area (Å²) in [5, 5.41) is 18.5. The smallest absolute Gasteiger partial charge is 0.337 e. The van der Waals surface area contributed by atoms with Gasteiger partial charge in [-0.2, -0.15) is 5.26 Å². The maximum absolute atomic E-state index is 11.3. The second-order valence-electron chi connectivity index (χ2n) is 4.17. The number of carboxylic acids is 1. The third kappa shape index (κ3) is 2.31. The van der Waals surface area contributed by atoms with Crippen LogP contribution in [-0.2, 0) is 0 Å². The van der Waals surface area contributed by atoms with E-state index in [1.807, 2.05) is 0 Å². The Hall–Kier alpha value is -2.87. The van der Waals surface area contributed by atoms with E-state index in [9.17, 15) is 15.2 Å². The molecule has 0 atom stereocenters. The number of carboxylic acid groups (broad SMARTS) is 1. The fourth-order valence-corrected chi connectivity index (χ4v) is 2.01. The van der Waals surface area contributed by atoms with Crippen molar-refractivity contribution in [2.45, 2.75) is 6.92 Å². The van der Waals surface area contributed by atoms with Gasteiger partial charge in [0.2, 0.25) is 0 Å². The molecule has 0 amide bonds. The number of rotatable bonds is 3. The molecule has 5 nitrogen and oxygen atoms in total. The first-order valence-electron chi connectivity index (χ1n) is 5.86. The number of hydrogen-bond donors (Lipinski definition) is 1. The van der Waals surface area contributed by atoms with Gasteiger partial charge in [0.25, 0.3) is 0 Å². The second kappa shape index (κ2) is 5.41. The van der Waals surface area contributed by atoms with Gasteiger partial charge < -0.3 is 9.84 Å². The van der Waals surface area contributed by atoms with Crippen molar-refractivity contribution >= 4 is 5.97 Å². The van der Waals surface area contributed by atoms with Crippen molar-refractivity contribution in [3.63, 3.8) is 0 Å². The van der Waals surface area contributed by atoms with Crippen molar-refractivity contribution in [3.8, 4) is 22.9 Å². The van der Waals surface area contributed by atoms with Gasteiger partial charge >= 0.3 is 5.97 Å². The number of aryl methyl sites for hydroxylation is 1. The van der Waals surface area contributed by atoms with Crippen LogP contribution < -0.4 is 4.74 Å². The fraction of sp³-hybridized carbons (Fsp3) is 0.133. The number of hydrogen-bond acceptors (Lipinski definition) is 4. The Labute approximate surface area is 116 Å². The van der Waals surface area contributed by atoms with Gasteiger partial charge in [0.1, 0.15) is 5.75 Å². The van der Waals surface area contributed by atoms with Crippen LogP contribution in [0.2, 0.25) is 0 Å². The van der Waals surface area contributed by atoms with Gasteiger partial charge in [0, 0.05) is 23.0 Å². The molecule has 0 fully saturated rings. The molecule has 0 aliphatic carbocycles. The van der Waals surface area contributed by atoms with E-state index in [2.05, 4.69) is 11.1 Å². The van der Waals surface area contributed by atoms with Gasteiger partial charge in [-0.1, -0.05) is 6.07 Å². The maximum Gasteiger partial charge on any atom is 0.337 e. The van der Waals surface area contributed by atoms with E-state index in [4.69, 9.17) is 4.74 Å². The van der Waals surface area contributed by atoms with Crippen LogP contribution in [0.3, 0.4) is 0 Å². The van der Waals surface area contributed by atoms with Crippen LogP contribution in [0.15, 0.2) is 30.5 Å². The van der Waals surface area contributed by atoms with Crippen LogP contribution in [-0.4, -0.2) is 23.2 Å². The summed E-state index contributed by atoms with van der Waals surface area (Å²) in [5.41, 5.74) is 1.97. The first-order chi connectivity index (χ1) is 9.58. The molecule has 100 valence electrons. The van der Waals surface area contributed by atoms with Crippen LogP contribution in [0.5, 0.6) is 5.75 Å². The van der Waals surface area contributed by atoms with E-state index < -0.39 is 5.97 Å². The number of nitriles is 1. The number of methoxy groups -OCH3 is 1. The van der Waals surface area contributed by atoms with Crippen molar-refractivity contribution in [1.29, 1.82) is 5.26 Å². The molecule has 1 N–H and O–H groups in total. The molecule has 0 spiro atoms. The average molecular weight is 268 g/mol. The molecule has 1 aromatic heterocycles. The first-order valence-corrected chi connectivity index (χ1v) is 5.86. The minimum Gasteiger partial charge on any atom is -0.496 e. The quantitative estimate of drug-likeness (QED) is 0.925. The predicted octanol–water partition coefficient (Wildman–Crippen LogP) is 2.64. The Morgan fingerprint density at radius 2 is 2.20 bits per heavy atom. The van der Waals surface area contributed by atoms with Crippen molar-refractivity contribution < 1.29 is 14.6 Å². The summed E-state index contributed by atoms with van der Waals surface area (Å²) in [5.74, 6) is -0.639. The summed E-state index contributed by atoms with van der Waals surface area (Å²) >= 11 is 0. The average Bonchev–Trinajstić information content (AvgIpc) is 2.45. The number of aromatic carboxylic acids is 1. The standard InChI is InChI=1S/C15H12N2O3/c1-9-6-11(12(8-17-9)15(18)19)14-10(7-16)4-3-5-13(14)20-2/h3-6,8H,1-2H3,(H,18,19). The highest BCUT2D eigenvalue weighted by atomic mass is 16.5. The topological polar surface area (TPSA) is 83.2 Å². The molecule has 2 aromatic rings. The summed E-state index contributed by atoms with van der Waals surface area (Å²) in [6, 6.07) is 8.71. The highest BCUT2D eigenvalue weighted by Gasteiger charge is 2.19. The molecule has 0 saturated carbocycles. The highest BCUT2D eigenvalue weighted by Crippen LogP contribution is 2.35. The van der Waals surface area contributed by atoms with E-state index in [-0.39, 0.29) is 5.56 Å². The molecule has 5 heteroatoms. The molecule has 1 aromatic carbocycles. The molecule has 0 saturated heterocycles. The lowest BCUT2D eigenvalue weighted by Gasteiger charge is -2.13. The molecular formula is C15H12N2O3. The largest absolute Gasteiger partial charge is 0.496 e. The van der Waals surface area contributed by atoms with Gasteiger partial charge in [-0.15, -0.1) is 0 Å². The van der Waals surface area contributed by atoms with Crippen molar-refractivity contribution in [2.75, 3.05) is 7.11 Å². The van der Waals surface area contributed by atoms with Crippen molar-refractivity contribution in [2.24, 2.45) is 0 Å². The molecule has 0 radical (unpaired) electrons. The highest BCUT2D eigenvalue weighted by molar-refractivity contribution is 5.97. The van der Waals surface area contributed by atoms with E-state index in [0.29, 0.717) is 28.1 Å². The molecule has 20 heavy (non-hydrogen) atoms. The van der Waals surface area contributed by atoms with Crippen LogP contribution in [0, 0.1) is 18.3 Å². The van der Waals surface area contributed by atoms with Gasteiger partial charge in [-0.3, -0.25) is 4.98 Å². The summed E-state index contributed by atoms with van der Waals surface area (Å²) in [4.78, 5) is 15.3. The minimum absolute atomic E-state index is 0.0385. The van der Waals surface area contributed by atoms with Gasteiger partial charge in [0.05, 0.1) is 24.3 Å². The molecule has 0 aliphatic rings. The second-order valence-corrected chi connectivity index (χ2v) is 4.17. The van der Waals surface area contributed by atoms with Crippen molar-refractivity contribution in [3.05, 3.63) is 47.3 Å². The van der Waals surface area contributed by atoms with Gasteiger partial charge in [0.15, 0.2) is 0 Å². The van der Waals surface area contributed by atoms with Gasteiger partial charge in [-0.05, 0) is 25.1 Å². The third-order valence-electron chi connectivity index (χ3n) is 2.91. The van der Waals surface area contributed by atoms with E-state index in [0.717, 1.165) is 0 Å². The third-order valence-corrected chi connectivity index (χ3v) is 2.91. The lowest BCUT2D eigenvalue weighted by atomic mass is 9.95. The fourth-order valence-electron chi connectivity index (χ4n) is 2.01. The summed E-state index contributed by atoms with van der Waals surface area (Å²) in [7, 11) is 1.48. The molecule has 0 unspecified atom stereocenters. The monoisotopic (exact) mass is 268 g/mol. The Morgan fingerprint density at radius 3 is 2.80 bits per heavy atom. The Morgan fingerprint density at radius 1 is 1.45 bits per heavy atom. The Kier molecular flexibility index (Phi) is 3.67. The first kappa shape index (κ1) is 13.6. The summed E-state index contributed by atoms with van der Waals surface area (Å²) in [6.45, 7) is 1.76. The molecular weight excluding hydrogens is 256 g/mol. The Bertz CT molecular complexity index is 718. The minimum atomic E-state index is -1.10. The molecule has 2 rings (SSSR count). The maximum atomic E-state index is 11.3. The SMILES string of the molecule is COc1cccc(C#N)c1-c1cc(C)ncc1C(=O)O. The predicted molar refractivity (Wildman–Crippen MR) is 72.6 cm³/mol. The summed E-state index contributed by atoms with van der Waals surface area (Å²) in [6.07, 6.45) is 1.29. The molecule has 1 heterocycles. The number of nitrogens with zero attached hydrogens (tertiary/aromatic N) is 2. The molecule has 0 bridgehead atoms. The molecule has 0 aliphatic heterocycles. The van der Waals surface area contributed by atoms with Crippen LogP contribution in [0.1, 0.15) is 21.6 Å². The number of benzene rings is 1.